The van der Waals surface area contributed by atoms with Gasteiger partial charge in [-0.2, -0.15) is 0 Å². The van der Waals surface area contributed by atoms with E-state index in [4.69, 9.17) is 5.73 Å². The lowest BCUT2D eigenvalue weighted by atomic mass is 10.1. The molecule has 0 saturated carbocycles. The maximum Gasteiger partial charge on any atom is 0.193 e. The molecule has 0 aromatic heterocycles. The first-order valence-electron chi connectivity index (χ1n) is 7.41. The van der Waals surface area contributed by atoms with Gasteiger partial charge in [-0.05, 0) is 38.7 Å². The summed E-state index contributed by atoms with van der Waals surface area (Å²) in [6.45, 7) is 2.67. The van der Waals surface area contributed by atoms with E-state index in [-0.39, 0.29) is 6.04 Å². The number of nitrogens with two attached hydrogens (primary N) is 1. The monoisotopic (exact) mass is 296 g/mol. The van der Waals surface area contributed by atoms with Gasteiger partial charge in [-0.25, -0.2) is 0 Å². The molecule has 0 amide bonds. The highest BCUT2D eigenvalue weighted by atomic mass is 15.1. The largest absolute Gasteiger partial charge is 0.370 e. The van der Waals surface area contributed by atoms with Gasteiger partial charge in [-0.1, -0.05) is 48.0 Å². The first-order chi connectivity index (χ1) is 10.6. The fraction of sp³-hybridized carbons (Fsp3) is 0.278. The van der Waals surface area contributed by atoms with Crippen LogP contribution in [0, 0.1) is 6.92 Å². The molecule has 2 aromatic rings. The molecular weight excluding hydrogens is 272 g/mol. The van der Waals surface area contributed by atoms with Crippen LogP contribution in [0.1, 0.15) is 17.2 Å². The number of likely N-dealkylation sites (N-methyl/N-ethyl adjacent to an activating group) is 1. The lowest BCUT2D eigenvalue weighted by Gasteiger charge is -2.23. The van der Waals surface area contributed by atoms with Crippen LogP contribution in [-0.4, -0.2) is 31.5 Å². The van der Waals surface area contributed by atoms with Crippen molar-refractivity contribution in [2.24, 2.45) is 10.7 Å². The number of anilines is 1. The predicted octanol–water partition coefficient (Wildman–Crippen LogP) is 3.02. The van der Waals surface area contributed by atoms with E-state index < -0.39 is 0 Å². The summed E-state index contributed by atoms with van der Waals surface area (Å²) in [6.07, 6.45) is 0. The van der Waals surface area contributed by atoms with Crippen LogP contribution in [-0.2, 0) is 0 Å². The van der Waals surface area contributed by atoms with Crippen LogP contribution in [0.25, 0.3) is 0 Å². The zero-order valence-electron chi connectivity index (χ0n) is 13.5. The fourth-order valence-electron chi connectivity index (χ4n) is 2.25. The Bertz CT molecular complexity index is 603. The van der Waals surface area contributed by atoms with Crippen molar-refractivity contribution in [3.8, 4) is 0 Å². The van der Waals surface area contributed by atoms with Crippen LogP contribution in [0.4, 0.5) is 5.69 Å². The van der Waals surface area contributed by atoms with E-state index in [0.29, 0.717) is 12.5 Å². The fourth-order valence-corrected chi connectivity index (χ4v) is 2.25. The maximum atomic E-state index is 5.99. The second-order valence-electron chi connectivity index (χ2n) is 5.61. The third-order valence-corrected chi connectivity index (χ3v) is 3.57. The minimum absolute atomic E-state index is 0.208. The molecule has 0 bridgehead atoms. The third kappa shape index (κ3) is 4.60. The molecule has 0 spiro atoms. The Labute approximate surface area is 132 Å². The molecule has 0 heterocycles. The smallest absolute Gasteiger partial charge is 0.193 e. The van der Waals surface area contributed by atoms with Crippen molar-refractivity contribution in [2.45, 2.75) is 13.0 Å². The van der Waals surface area contributed by atoms with Crippen molar-refractivity contribution in [2.75, 3.05) is 26.0 Å². The molecule has 2 aromatic carbocycles. The summed E-state index contributed by atoms with van der Waals surface area (Å²) in [7, 11) is 4.10. The Morgan fingerprint density at radius 1 is 1.09 bits per heavy atom. The molecule has 0 saturated heterocycles. The number of nitrogens with one attached hydrogen (secondary N) is 1. The van der Waals surface area contributed by atoms with Crippen molar-refractivity contribution in [1.29, 1.82) is 0 Å². The summed E-state index contributed by atoms with van der Waals surface area (Å²) in [4.78, 5) is 6.63. The maximum absolute atomic E-state index is 5.99. The lowest BCUT2D eigenvalue weighted by molar-refractivity contribution is 0.306. The highest BCUT2D eigenvalue weighted by molar-refractivity contribution is 5.92. The highest BCUT2D eigenvalue weighted by Gasteiger charge is 2.13. The summed E-state index contributed by atoms with van der Waals surface area (Å²) < 4.78 is 0. The van der Waals surface area contributed by atoms with Crippen LogP contribution in [0.5, 0.6) is 0 Å². The molecular formula is C18H24N4. The van der Waals surface area contributed by atoms with Gasteiger partial charge in [0.1, 0.15) is 0 Å². The zero-order chi connectivity index (χ0) is 15.9. The Kier molecular flexibility index (Phi) is 5.55. The summed E-state index contributed by atoms with van der Waals surface area (Å²) in [6, 6.07) is 18.6. The standard InChI is InChI=1S/C18H24N4/c1-14-9-11-16(12-10-14)21-18(19)20-13-17(22(2)3)15-7-5-4-6-8-15/h4-12,17H,13H2,1-3H3,(H3,19,20,21). The van der Waals surface area contributed by atoms with Crippen LogP contribution in [0.15, 0.2) is 59.6 Å². The molecule has 0 aliphatic carbocycles. The second kappa shape index (κ2) is 7.61. The van der Waals surface area contributed by atoms with E-state index in [9.17, 15) is 0 Å². The van der Waals surface area contributed by atoms with Crippen LogP contribution >= 0.6 is 0 Å². The second-order valence-corrected chi connectivity index (χ2v) is 5.61. The van der Waals surface area contributed by atoms with Gasteiger partial charge in [0, 0.05) is 5.69 Å². The Morgan fingerprint density at radius 3 is 2.32 bits per heavy atom. The van der Waals surface area contributed by atoms with E-state index in [1.54, 1.807) is 0 Å². The molecule has 116 valence electrons. The van der Waals surface area contributed by atoms with E-state index in [1.807, 2.05) is 42.5 Å². The topological polar surface area (TPSA) is 53.6 Å². The Balaban J connectivity index is 2.02. The minimum Gasteiger partial charge on any atom is -0.370 e. The molecule has 0 radical (unpaired) electrons. The minimum atomic E-state index is 0.208. The van der Waals surface area contributed by atoms with E-state index in [2.05, 4.69) is 48.4 Å². The summed E-state index contributed by atoms with van der Waals surface area (Å²) in [5.74, 6) is 0.437. The van der Waals surface area contributed by atoms with Gasteiger partial charge < -0.3 is 16.0 Å². The van der Waals surface area contributed by atoms with Gasteiger partial charge in [0.25, 0.3) is 0 Å². The van der Waals surface area contributed by atoms with E-state index in [1.165, 1.54) is 11.1 Å². The van der Waals surface area contributed by atoms with Gasteiger partial charge >= 0.3 is 0 Å². The number of benzene rings is 2. The number of hydrogen-bond donors (Lipinski definition) is 2. The third-order valence-electron chi connectivity index (χ3n) is 3.57. The predicted molar refractivity (Wildman–Crippen MR) is 94.2 cm³/mol. The number of rotatable bonds is 5. The molecule has 22 heavy (non-hydrogen) atoms. The number of aliphatic imine (C=N–C) groups is 1. The molecule has 1 atom stereocenters. The van der Waals surface area contributed by atoms with Crippen LogP contribution in [0.3, 0.4) is 0 Å². The zero-order valence-corrected chi connectivity index (χ0v) is 13.5. The van der Waals surface area contributed by atoms with Crippen LogP contribution in [0.2, 0.25) is 0 Å². The van der Waals surface area contributed by atoms with Gasteiger partial charge in [0.2, 0.25) is 0 Å². The summed E-state index contributed by atoms with van der Waals surface area (Å²) in [5.41, 5.74) is 9.40. The van der Waals surface area contributed by atoms with Crippen molar-refractivity contribution < 1.29 is 0 Å². The molecule has 2 rings (SSSR count). The van der Waals surface area contributed by atoms with E-state index in [0.717, 1.165) is 5.69 Å². The average Bonchev–Trinajstić information content (AvgIpc) is 2.50. The van der Waals surface area contributed by atoms with Crippen molar-refractivity contribution >= 4 is 11.6 Å². The quantitative estimate of drug-likeness (QED) is 0.659. The van der Waals surface area contributed by atoms with Crippen molar-refractivity contribution in [1.82, 2.24) is 4.90 Å². The van der Waals surface area contributed by atoms with Gasteiger partial charge in [-0.3, -0.25) is 4.99 Å². The number of aryl methyl sites for hydroxylation is 1. The van der Waals surface area contributed by atoms with Crippen LogP contribution < -0.4 is 11.1 Å². The molecule has 0 aliphatic rings. The number of guanidine groups is 1. The lowest BCUT2D eigenvalue weighted by Crippen LogP contribution is -2.27. The SMILES string of the molecule is Cc1ccc(NC(N)=NCC(c2ccccc2)N(C)C)cc1. The summed E-state index contributed by atoms with van der Waals surface area (Å²) in [5, 5.41) is 3.12. The Morgan fingerprint density at radius 2 is 1.73 bits per heavy atom. The Hall–Kier alpha value is -2.33. The molecule has 0 aliphatic heterocycles. The molecule has 4 heteroatoms. The normalized spacial score (nSPS) is 13.2. The first-order valence-corrected chi connectivity index (χ1v) is 7.41. The highest BCUT2D eigenvalue weighted by Crippen LogP contribution is 2.18. The van der Waals surface area contributed by atoms with Gasteiger partial charge in [0.05, 0.1) is 12.6 Å². The molecule has 4 nitrogen and oxygen atoms in total. The molecule has 3 N–H and O–H groups in total. The van der Waals surface area contributed by atoms with Gasteiger partial charge in [-0.15, -0.1) is 0 Å². The molecule has 0 fully saturated rings. The van der Waals surface area contributed by atoms with Crippen molar-refractivity contribution in [3.05, 3.63) is 65.7 Å². The average molecular weight is 296 g/mol. The molecule has 1 unspecified atom stereocenters. The summed E-state index contributed by atoms with van der Waals surface area (Å²) >= 11 is 0. The number of hydrogen-bond acceptors (Lipinski definition) is 2. The number of nitrogens with zero attached hydrogens (tertiary/aromatic N) is 2. The van der Waals surface area contributed by atoms with E-state index >= 15 is 0 Å². The first kappa shape index (κ1) is 16.0. The van der Waals surface area contributed by atoms with Crippen molar-refractivity contribution in [3.63, 3.8) is 0 Å². The van der Waals surface area contributed by atoms with Gasteiger partial charge in [0.15, 0.2) is 5.96 Å².